The topological polar surface area (TPSA) is 103 Å². The molecule has 2 aliphatic heterocycles. The fourth-order valence-corrected chi connectivity index (χ4v) is 2.44. The zero-order valence-corrected chi connectivity index (χ0v) is 11.4. The zero-order valence-electron chi connectivity index (χ0n) is 11.4. The molecule has 7 nitrogen and oxygen atoms in total. The Balaban J connectivity index is 1.84. The number of anilines is 2. The van der Waals surface area contributed by atoms with Crippen molar-refractivity contribution in [1.29, 1.82) is 0 Å². The van der Waals surface area contributed by atoms with Crippen LogP contribution in [0, 0.1) is 0 Å². The van der Waals surface area contributed by atoms with Crippen LogP contribution in [-0.4, -0.2) is 37.7 Å². The first-order chi connectivity index (χ1) is 10.1. The number of nitrogens with two attached hydrogens (primary N) is 1. The average Bonchev–Trinajstić information content (AvgIpc) is 2.63. The highest BCUT2D eigenvalue weighted by molar-refractivity contribution is 6.13. The summed E-state index contributed by atoms with van der Waals surface area (Å²) < 4.78 is 11.0. The Kier molecular flexibility index (Phi) is 3.87. The van der Waals surface area contributed by atoms with Gasteiger partial charge < -0.3 is 25.8 Å². The van der Waals surface area contributed by atoms with Gasteiger partial charge in [-0.2, -0.15) is 0 Å². The second-order valence-corrected chi connectivity index (χ2v) is 5.09. The number of carbonyl (C=O) groups excluding carboxylic acids is 2. The number of hydrogen-bond acceptors (Lipinski definition) is 5. The minimum Gasteiger partial charge on any atom is -0.376 e. The van der Waals surface area contributed by atoms with Crippen molar-refractivity contribution in [2.75, 3.05) is 30.5 Å². The molecule has 2 heterocycles. The van der Waals surface area contributed by atoms with Crippen molar-refractivity contribution in [1.82, 2.24) is 0 Å². The van der Waals surface area contributed by atoms with Gasteiger partial charge in [0, 0.05) is 0 Å². The summed E-state index contributed by atoms with van der Waals surface area (Å²) in [6.07, 6.45) is -0.400. The van der Waals surface area contributed by atoms with Gasteiger partial charge in [-0.15, -0.1) is 0 Å². The average molecular weight is 291 g/mol. The van der Waals surface area contributed by atoms with E-state index in [0.29, 0.717) is 31.2 Å². The van der Waals surface area contributed by atoms with Crippen molar-refractivity contribution in [2.45, 2.75) is 18.6 Å². The van der Waals surface area contributed by atoms with Crippen LogP contribution >= 0.6 is 0 Å². The molecule has 1 saturated heterocycles. The van der Waals surface area contributed by atoms with Gasteiger partial charge in [-0.25, -0.2) is 0 Å². The third-order valence-corrected chi connectivity index (χ3v) is 3.54. The van der Waals surface area contributed by atoms with E-state index in [2.05, 4.69) is 10.6 Å². The number of hydrogen-bond donors (Lipinski definition) is 3. The van der Waals surface area contributed by atoms with E-state index in [9.17, 15) is 9.59 Å². The van der Waals surface area contributed by atoms with Crippen LogP contribution in [0.15, 0.2) is 18.2 Å². The van der Waals surface area contributed by atoms with Crippen LogP contribution in [0.2, 0.25) is 0 Å². The number of nitrogens with one attached hydrogen (secondary N) is 2. The fraction of sp³-hybridized carbons (Fsp3) is 0.429. The lowest BCUT2D eigenvalue weighted by molar-refractivity contribution is -0.123. The first-order valence-electron chi connectivity index (χ1n) is 6.82. The SMILES string of the molecule is NC(c1ccc2c(c1)NC(=O)CC(=O)N2)C1COCCO1. The highest BCUT2D eigenvalue weighted by Crippen LogP contribution is 2.29. The van der Waals surface area contributed by atoms with Gasteiger partial charge >= 0.3 is 0 Å². The van der Waals surface area contributed by atoms with E-state index >= 15 is 0 Å². The third kappa shape index (κ3) is 3.05. The number of benzene rings is 1. The summed E-state index contributed by atoms with van der Waals surface area (Å²) in [5.74, 6) is -0.665. The number of carbonyl (C=O) groups is 2. The molecule has 0 spiro atoms. The van der Waals surface area contributed by atoms with Crippen molar-refractivity contribution in [3.05, 3.63) is 23.8 Å². The second-order valence-electron chi connectivity index (χ2n) is 5.09. The molecule has 7 heteroatoms. The van der Waals surface area contributed by atoms with Crippen LogP contribution in [0.3, 0.4) is 0 Å². The summed E-state index contributed by atoms with van der Waals surface area (Å²) in [7, 11) is 0. The Morgan fingerprint density at radius 3 is 2.62 bits per heavy atom. The normalized spacial score (nSPS) is 23.6. The fourth-order valence-electron chi connectivity index (χ4n) is 2.44. The van der Waals surface area contributed by atoms with Gasteiger partial charge in [-0.1, -0.05) is 6.07 Å². The molecule has 112 valence electrons. The van der Waals surface area contributed by atoms with Crippen molar-refractivity contribution in [3.8, 4) is 0 Å². The minimum absolute atomic E-state index is 0.185. The van der Waals surface area contributed by atoms with E-state index < -0.39 is 0 Å². The van der Waals surface area contributed by atoms with Gasteiger partial charge in [-0.05, 0) is 17.7 Å². The molecule has 1 aromatic rings. The van der Waals surface area contributed by atoms with E-state index in [1.807, 2.05) is 6.07 Å². The largest absolute Gasteiger partial charge is 0.376 e. The molecule has 0 radical (unpaired) electrons. The van der Waals surface area contributed by atoms with Crippen LogP contribution in [0.5, 0.6) is 0 Å². The van der Waals surface area contributed by atoms with E-state index in [1.54, 1.807) is 12.1 Å². The monoisotopic (exact) mass is 291 g/mol. The van der Waals surface area contributed by atoms with Gasteiger partial charge in [0.2, 0.25) is 11.8 Å². The summed E-state index contributed by atoms with van der Waals surface area (Å²) in [5.41, 5.74) is 8.14. The van der Waals surface area contributed by atoms with Crippen molar-refractivity contribution >= 4 is 23.2 Å². The molecule has 1 aromatic carbocycles. The molecule has 3 rings (SSSR count). The molecule has 2 unspecified atom stereocenters. The van der Waals surface area contributed by atoms with Gasteiger partial charge in [0.1, 0.15) is 12.5 Å². The summed E-state index contributed by atoms with van der Waals surface area (Å²) >= 11 is 0. The lowest BCUT2D eigenvalue weighted by Crippen LogP contribution is -2.37. The second kappa shape index (κ2) is 5.80. The molecular formula is C14H17N3O4. The molecule has 0 aliphatic carbocycles. The summed E-state index contributed by atoms with van der Waals surface area (Å²) in [5, 5.41) is 5.38. The van der Waals surface area contributed by atoms with Crippen molar-refractivity contribution < 1.29 is 19.1 Å². The lowest BCUT2D eigenvalue weighted by atomic mass is 10.0. The zero-order chi connectivity index (χ0) is 14.8. The lowest BCUT2D eigenvalue weighted by Gasteiger charge is -2.28. The van der Waals surface area contributed by atoms with E-state index in [1.165, 1.54) is 0 Å². The minimum atomic E-state index is -0.355. The predicted octanol–water partition coefficient (Wildman–Crippen LogP) is 0.382. The molecule has 2 atom stereocenters. The Morgan fingerprint density at radius 2 is 1.90 bits per heavy atom. The molecule has 21 heavy (non-hydrogen) atoms. The highest BCUT2D eigenvalue weighted by atomic mass is 16.6. The van der Waals surface area contributed by atoms with E-state index in [0.717, 1.165) is 5.56 Å². The molecule has 0 saturated carbocycles. The number of ether oxygens (including phenoxy) is 2. The van der Waals surface area contributed by atoms with Gasteiger partial charge in [0.05, 0.1) is 37.2 Å². The Hall–Kier alpha value is -1.96. The van der Waals surface area contributed by atoms with Crippen LogP contribution < -0.4 is 16.4 Å². The van der Waals surface area contributed by atoms with E-state index in [4.69, 9.17) is 15.2 Å². The quantitative estimate of drug-likeness (QED) is 0.684. The van der Waals surface area contributed by atoms with E-state index in [-0.39, 0.29) is 30.4 Å². The highest BCUT2D eigenvalue weighted by Gasteiger charge is 2.25. The molecule has 2 aliphatic rings. The van der Waals surface area contributed by atoms with Gasteiger partial charge in [0.25, 0.3) is 0 Å². The molecule has 2 amide bonds. The molecule has 0 aromatic heterocycles. The maximum Gasteiger partial charge on any atom is 0.233 e. The summed E-state index contributed by atoms with van der Waals surface area (Å²) in [6, 6.07) is 4.96. The van der Waals surface area contributed by atoms with Crippen molar-refractivity contribution in [3.63, 3.8) is 0 Å². The molecular weight excluding hydrogens is 274 g/mol. The first-order valence-corrected chi connectivity index (χ1v) is 6.82. The number of amides is 2. The Morgan fingerprint density at radius 1 is 1.14 bits per heavy atom. The molecule has 4 N–H and O–H groups in total. The van der Waals surface area contributed by atoms with Crippen LogP contribution in [0.1, 0.15) is 18.0 Å². The van der Waals surface area contributed by atoms with Gasteiger partial charge in [0.15, 0.2) is 0 Å². The summed E-state index contributed by atoms with van der Waals surface area (Å²) in [4.78, 5) is 23.1. The Bertz CT molecular complexity index is 569. The van der Waals surface area contributed by atoms with Crippen LogP contribution in [0.4, 0.5) is 11.4 Å². The maximum atomic E-state index is 11.6. The molecule has 0 bridgehead atoms. The van der Waals surface area contributed by atoms with Gasteiger partial charge in [-0.3, -0.25) is 9.59 Å². The standard InChI is InChI=1S/C14H17N3O4/c15-14(11-7-20-3-4-21-11)8-1-2-9-10(5-8)17-13(19)6-12(18)16-9/h1-2,5,11,14H,3-4,6-7,15H2,(H,16,18)(H,17,19). The first kappa shape index (κ1) is 14.0. The number of rotatable bonds is 2. The number of fused-ring (bicyclic) bond motifs is 1. The molecule has 1 fully saturated rings. The van der Waals surface area contributed by atoms with Crippen molar-refractivity contribution in [2.24, 2.45) is 5.73 Å². The Labute approximate surface area is 121 Å². The van der Waals surface area contributed by atoms with Crippen LogP contribution in [0.25, 0.3) is 0 Å². The smallest absolute Gasteiger partial charge is 0.233 e. The third-order valence-electron chi connectivity index (χ3n) is 3.54. The summed E-state index contributed by atoms with van der Waals surface area (Å²) in [6.45, 7) is 1.55. The van der Waals surface area contributed by atoms with Crippen LogP contribution in [-0.2, 0) is 19.1 Å². The predicted molar refractivity (Wildman–Crippen MR) is 75.8 cm³/mol. The maximum absolute atomic E-state index is 11.6.